The Morgan fingerprint density at radius 3 is 2.61 bits per heavy atom. The van der Waals surface area contributed by atoms with Crippen LogP contribution in [0.15, 0.2) is 18.3 Å². The van der Waals surface area contributed by atoms with Crippen LogP contribution in [0, 0.1) is 0 Å². The molecule has 1 aromatic rings. The maximum atomic E-state index is 12.0. The molecule has 0 aliphatic heterocycles. The van der Waals surface area contributed by atoms with Gasteiger partial charge in [-0.1, -0.05) is 24.4 Å². The third kappa shape index (κ3) is 2.46. The number of aliphatic carboxylic acids is 1. The maximum absolute atomic E-state index is 12.0. The number of pyridine rings is 1. The van der Waals surface area contributed by atoms with Gasteiger partial charge in [0, 0.05) is 11.2 Å². The molecule has 1 saturated carbocycles. The molecule has 96 valence electrons. The molecule has 0 spiro atoms. The van der Waals surface area contributed by atoms with Crippen molar-refractivity contribution >= 4 is 23.5 Å². The first-order valence-corrected chi connectivity index (χ1v) is 6.09. The third-order valence-corrected chi connectivity index (χ3v) is 3.41. The van der Waals surface area contributed by atoms with Crippen molar-refractivity contribution in [3.05, 3.63) is 29.0 Å². The van der Waals surface area contributed by atoms with Gasteiger partial charge in [-0.05, 0) is 25.0 Å². The molecule has 2 rings (SSSR count). The Morgan fingerprint density at radius 1 is 1.39 bits per heavy atom. The third-order valence-electron chi connectivity index (χ3n) is 3.17. The van der Waals surface area contributed by atoms with Gasteiger partial charge in [-0.3, -0.25) is 9.78 Å². The van der Waals surface area contributed by atoms with Crippen LogP contribution in [0.25, 0.3) is 0 Å². The average molecular weight is 269 g/mol. The van der Waals surface area contributed by atoms with E-state index in [1.165, 1.54) is 12.3 Å². The van der Waals surface area contributed by atoms with Crippen LogP contribution < -0.4 is 5.32 Å². The monoisotopic (exact) mass is 268 g/mol. The second-order valence-electron chi connectivity index (χ2n) is 4.41. The number of carboxylic acids is 1. The number of nitrogens with zero attached hydrogens (tertiary/aromatic N) is 1. The second-order valence-corrected chi connectivity index (χ2v) is 4.84. The minimum atomic E-state index is -1.15. The summed E-state index contributed by atoms with van der Waals surface area (Å²) in [4.78, 5) is 27.1. The summed E-state index contributed by atoms with van der Waals surface area (Å²) in [6.45, 7) is 0. The summed E-state index contributed by atoms with van der Waals surface area (Å²) in [5, 5.41) is 12.2. The maximum Gasteiger partial charge on any atom is 0.329 e. The zero-order valence-corrected chi connectivity index (χ0v) is 10.4. The number of hydrogen-bond donors (Lipinski definition) is 2. The Kier molecular flexibility index (Phi) is 3.52. The Bertz CT molecular complexity index is 484. The van der Waals surface area contributed by atoms with Gasteiger partial charge in [-0.2, -0.15) is 0 Å². The lowest BCUT2D eigenvalue weighted by Crippen LogP contribution is -2.52. The molecular weight excluding hydrogens is 256 g/mol. The molecule has 1 amide bonds. The van der Waals surface area contributed by atoms with Gasteiger partial charge in [0.1, 0.15) is 11.2 Å². The summed E-state index contributed by atoms with van der Waals surface area (Å²) in [5.74, 6) is -1.49. The van der Waals surface area contributed by atoms with E-state index in [1.54, 1.807) is 6.07 Å². The summed E-state index contributed by atoms with van der Waals surface area (Å²) in [6.07, 6.45) is 3.92. The normalized spacial score (nSPS) is 17.4. The van der Waals surface area contributed by atoms with Crippen molar-refractivity contribution in [2.24, 2.45) is 0 Å². The molecule has 1 aliphatic rings. The van der Waals surface area contributed by atoms with Crippen LogP contribution in [0.2, 0.25) is 5.02 Å². The fraction of sp³-hybridized carbons (Fsp3) is 0.417. The summed E-state index contributed by atoms with van der Waals surface area (Å²) in [7, 11) is 0. The van der Waals surface area contributed by atoms with Crippen LogP contribution in [0.4, 0.5) is 0 Å². The summed E-state index contributed by atoms with van der Waals surface area (Å²) >= 11 is 5.77. The topological polar surface area (TPSA) is 79.3 Å². The number of nitrogens with one attached hydrogen (secondary N) is 1. The fourth-order valence-electron chi connectivity index (χ4n) is 2.18. The van der Waals surface area contributed by atoms with Gasteiger partial charge in [-0.25, -0.2) is 4.79 Å². The van der Waals surface area contributed by atoms with Crippen molar-refractivity contribution in [3.63, 3.8) is 0 Å². The van der Waals surface area contributed by atoms with E-state index in [9.17, 15) is 14.7 Å². The van der Waals surface area contributed by atoms with Crippen molar-refractivity contribution in [3.8, 4) is 0 Å². The van der Waals surface area contributed by atoms with Gasteiger partial charge in [-0.15, -0.1) is 0 Å². The van der Waals surface area contributed by atoms with Crippen molar-refractivity contribution in [2.75, 3.05) is 0 Å². The van der Waals surface area contributed by atoms with Crippen LogP contribution in [0.3, 0.4) is 0 Å². The predicted molar refractivity (Wildman–Crippen MR) is 65.5 cm³/mol. The van der Waals surface area contributed by atoms with Crippen LogP contribution in [0.1, 0.15) is 36.2 Å². The highest BCUT2D eigenvalue weighted by molar-refractivity contribution is 6.30. The van der Waals surface area contributed by atoms with Crippen LogP contribution in [-0.4, -0.2) is 27.5 Å². The zero-order valence-electron chi connectivity index (χ0n) is 9.65. The molecule has 0 saturated heterocycles. The van der Waals surface area contributed by atoms with Gasteiger partial charge in [0.15, 0.2) is 0 Å². The Morgan fingerprint density at radius 2 is 2.06 bits per heavy atom. The number of halogens is 1. The number of carboxylic acid groups (broad SMARTS) is 1. The van der Waals surface area contributed by atoms with Crippen LogP contribution in [0.5, 0.6) is 0 Å². The predicted octanol–water partition coefficient (Wildman–Crippen LogP) is 1.86. The van der Waals surface area contributed by atoms with E-state index >= 15 is 0 Å². The Balaban J connectivity index is 2.18. The molecule has 5 nitrogen and oxygen atoms in total. The summed E-state index contributed by atoms with van der Waals surface area (Å²) < 4.78 is 0. The highest BCUT2D eigenvalue weighted by atomic mass is 35.5. The molecule has 0 radical (unpaired) electrons. The van der Waals surface area contributed by atoms with Gasteiger partial charge in [0.05, 0.1) is 0 Å². The lowest BCUT2D eigenvalue weighted by atomic mass is 9.97. The summed E-state index contributed by atoms with van der Waals surface area (Å²) in [6, 6.07) is 2.97. The first-order valence-electron chi connectivity index (χ1n) is 5.71. The van der Waals surface area contributed by atoms with Crippen molar-refractivity contribution in [1.82, 2.24) is 10.3 Å². The van der Waals surface area contributed by atoms with E-state index in [0.717, 1.165) is 12.8 Å². The van der Waals surface area contributed by atoms with E-state index in [1.807, 2.05) is 0 Å². The molecule has 1 aromatic heterocycles. The lowest BCUT2D eigenvalue weighted by molar-refractivity contribution is -0.144. The molecule has 2 N–H and O–H groups in total. The molecule has 0 aromatic carbocycles. The van der Waals surface area contributed by atoms with Crippen LogP contribution in [-0.2, 0) is 4.79 Å². The van der Waals surface area contributed by atoms with Crippen molar-refractivity contribution in [1.29, 1.82) is 0 Å². The second kappa shape index (κ2) is 4.94. The van der Waals surface area contributed by atoms with Crippen LogP contribution >= 0.6 is 11.6 Å². The Hall–Kier alpha value is -1.62. The SMILES string of the molecule is O=C(NC1(C(=O)O)CCCC1)c1cc(Cl)ccn1. The highest BCUT2D eigenvalue weighted by Crippen LogP contribution is 2.30. The van der Waals surface area contributed by atoms with Gasteiger partial charge in [0.25, 0.3) is 5.91 Å². The smallest absolute Gasteiger partial charge is 0.329 e. The van der Waals surface area contributed by atoms with Gasteiger partial charge < -0.3 is 10.4 Å². The number of amides is 1. The molecule has 1 heterocycles. The molecule has 0 unspecified atom stereocenters. The highest BCUT2D eigenvalue weighted by Gasteiger charge is 2.42. The molecule has 1 fully saturated rings. The van der Waals surface area contributed by atoms with E-state index in [2.05, 4.69) is 10.3 Å². The van der Waals surface area contributed by atoms with Crippen molar-refractivity contribution in [2.45, 2.75) is 31.2 Å². The first-order chi connectivity index (χ1) is 8.53. The molecule has 0 atom stereocenters. The summed E-state index contributed by atoms with van der Waals surface area (Å²) in [5.41, 5.74) is -1.02. The van der Waals surface area contributed by atoms with E-state index in [-0.39, 0.29) is 5.69 Å². The quantitative estimate of drug-likeness (QED) is 0.877. The molecular formula is C12H13ClN2O3. The minimum absolute atomic E-state index is 0.134. The zero-order chi connectivity index (χ0) is 13.2. The fourth-order valence-corrected chi connectivity index (χ4v) is 2.34. The number of rotatable bonds is 3. The number of carbonyl (C=O) groups is 2. The molecule has 0 bridgehead atoms. The lowest BCUT2D eigenvalue weighted by Gasteiger charge is -2.25. The number of carbonyl (C=O) groups excluding carboxylic acids is 1. The Labute approximate surface area is 109 Å². The average Bonchev–Trinajstić information content (AvgIpc) is 2.79. The molecule has 6 heteroatoms. The molecule has 1 aliphatic carbocycles. The minimum Gasteiger partial charge on any atom is -0.480 e. The van der Waals surface area contributed by atoms with Gasteiger partial charge >= 0.3 is 5.97 Å². The van der Waals surface area contributed by atoms with Gasteiger partial charge in [0.2, 0.25) is 0 Å². The largest absolute Gasteiger partial charge is 0.480 e. The number of aromatic nitrogens is 1. The standard InChI is InChI=1S/C12H13ClN2O3/c13-8-3-6-14-9(7-8)10(16)15-12(11(17)18)4-1-2-5-12/h3,6-7H,1-2,4-5H2,(H,15,16)(H,17,18). The van der Waals surface area contributed by atoms with E-state index < -0.39 is 17.4 Å². The first kappa shape index (κ1) is 12.8. The van der Waals surface area contributed by atoms with Crippen molar-refractivity contribution < 1.29 is 14.7 Å². The van der Waals surface area contributed by atoms with E-state index in [0.29, 0.717) is 17.9 Å². The van der Waals surface area contributed by atoms with E-state index in [4.69, 9.17) is 11.6 Å². The molecule has 18 heavy (non-hydrogen) atoms. The number of hydrogen-bond acceptors (Lipinski definition) is 3.